The molecule has 0 saturated carbocycles. The van der Waals surface area contributed by atoms with E-state index >= 15 is 0 Å². The van der Waals surface area contributed by atoms with Crippen LogP contribution in [0, 0.1) is 0 Å². The number of allylic oxidation sites excluding steroid dienone is 1. The monoisotopic (exact) mass is 483 g/mol. The first-order valence-corrected chi connectivity index (χ1v) is 14.2. The average Bonchev–Trinajstić information content (AvgIpc) is 3.22. The highest BCUT2D eigenvalue weighted by molar-refractivity contribution is 5.79. The van der Waals surface area contributed by atoms with Crippen LogP contribution in [0.15, 0.2) is 72.8 Å². The van der Waals surface area contributed by atoms with Crippen LogP contribution >= 0.6 is 0 Å². The molecule has 1 aliphatic carbocycles. The highest BCUT2D eigenvalue weighted by atomic mass is 16.6. The molecule has 2 aromatic rings. The van der Waals surface area contributed by atoms with Crippen LogP contribution in [0.1, 0.15) is 94.1 Å². The van der Waals surface area contributed by atoms with E-state index in [4.69, 9.17) is 4.74 Å². The Hall–Kier alpha value is -2.81. The lowest BCUT2D eigenvalue weighted by atomic mass is 9.84. The molecule has 1 fully saturated rings. The van der Waals surface area contributed by atoms with Gasteiger partial charge >= 0.3 is 6.09 Å². The van der Waals surface area contributed by atoms with E-state index in [2.05, 4.69) is 66.1 Å². The summed E-state index contributed by atoms with van der Waals surface area (Å²) in [7, 11) is 0. The van der Waals surface area contributed by atoms with Crippen LogP contribution in [0.2, 0.25) is 0 Å². The lowest BCUT2D eigenvalue weighted by Gasteiger charge is -2.44. The number of carbonyl (C=O) groups is 1. The standard InChI is InChI=1S/C33H41NO2/c1-2-3-4-5-6-7-8-9-15-25-22-26-16-14-17-27(23-25)34(26)33(35)36-24-32-30-20-12-10-18-28(30)29-19-11-13-21-31(29)32/h2,10-13,18-22,26-27,32H,1,3-9,14-17,23-24H2. The summed E-state index contributed by atoms with van der Waals surface area (Å²) < 4.78 is 6.06. The molecule has 2 unspecified atom stereocenters. The highest BCUT2D eigenvalue weighted by Gasteiger charge is 2.38. The van der Waals surface area contributed by atoms with Crippen LogP contribution in [0.4, 0.5) is 4.79 Å². The first-order valence-electron chi connectivity index (χ1n) is 14.2. The second kappa shape index (κ2) is 12.0. The SMILES string of the molecule is C=CCCCCCCCCC1=CC2CCCC(C1)N2C(=O)OCC1c2ccccc2-c2ccccc21. The van der Waals surface area contributed by atoms with Gasteiger partial charge in [-0.1, -0.05) is 91.9 Å². The minimum absolute atomic E-state index is 0.119. The van der Waals surface area contributed by atoms with Crippen LogP contribution in [0.25, 0.3) is 11.1 Å². The summed E-state index contributed by atoms with van der Waals surface area (Å²) in [4.78, 5) is 15.4. The van der Waals surface area contributed by atoms with Crippen molar-refractivity contribution in [1.29, 1.82) is 0 Å². The Kier molecular flexibility index (Phi) is 8.25. The maximum absolute atomic E-state index is 13.4. The zero-order chi connectivity index (χ0) is 24.7. The third-order valence-corrected chi connectivity index (χ3v) is 8.42. The smallest absolute Gasteiger partial charge is 0.410 e. The molecule has 0 spiro atoms. The van der Waals surface area contributed by atoms with Gasteiger partial charge in [0.1, 0.15) is 6.61 Å². The van der Waals surface area contributed by atoms with E-state index in [0.717, 1.165) is 25.7 Å². The van der Waals surface area contributed by atoms with Crippen LogP contribution < -0.4 is 0 Å². The normalized spacial score (nSPS) is 20.4. The van der Waals surface area contributed by atoms with Crippen LogP contribution in [0.3, 0.4) is 0 Å². The lowest BCUT2D eigenvalue weighted by Crippen LogP contribution is -2.52. The van der Waals surface area contributed by atoms with Crippen molar-refractivity contribution in [2.75, 3.05) is 6.61 Å². The van der Waals surface area contributed by atoms with Crippen molar-refractivity contribution in [1.82, 2.24) is 4.90 Å². The maximum atomic E-state index is 13.4. The fourth-order valence-electron chi connectivity index (χ4n) is 6.60. The van der Waals surface area contributed by atoms with Gasteiger partial charge in [-0.25, -0.2) is 4.79 Å². The number of benzene rings is 2. The summed E-state index contributed by atoms with van der Waals surface area (Å²) >= 11 is 0. The fourth-order valence-corrected chi connectivity index (χ4v) is 6.60. The molecule has 0 aromatic heterocycles. The number of amides is 1. The molecule has 1 saturated heterocycles. The van der Waals surface area contributed by atoms with Gasteiger partial charge in [-0.15, -0.1) is 6.58 Å². The van der Waals surface area contributed by atoms with E-state index in [0.29, 0.717) is 12.6 Å². The van der Waals surface area contributed by atoms with Crippen LogP contribution in [-0.2, 0) is 4.74 Å². The summed E-state index contributed by atoms with van der Waals surface area (Å²) in [6.45, 7) is 4.21. The number of fused-ring (bicyclic) bond motifs is 5. The number of ether oxygens (including phenoxy) is 1. The van der Waals surface area contributed by atoms with Crippen molar-refractivity contribution >= 4 is 6.09 Å². The van der Waals surface area contributed by atoms with E-state index in [1.54, 1.807) is 5.57 Å². The zero-order valence-electron chi connectivity index (χ0n) is 21.7. The van der Waals surface area contributed by atoms with E-state index in [9.17, 15) is 4.79 Å². The number of rotatable bonds is 11. The molecule has 2 bridgehead atoms. The van der Waals surface area contributed by atoms with Crippen LogP contribution in [0.5, 0.6) is 0 Å². The molecule has 3 aliphatic rings. The highest BCUT2D eigenvalue weighted by Crippen LogP contribution is 2.45. The first kappa shape index (κ1) is 24.9. The zero-order valence-corrected chi connectivity index (χ0v) is 21.7. The van der Waals surface area contributed by atoms with Crippen LogP contribution in [-0.4, -0.2) is 29.7 Å². The van der Waals surface area contributed by atoms with E-state index in [1.165, 1.54) is 73.6 Å². The molecule has 0 N–H and O–H groups in total. The number of unbranched alkanes of at least 4 members (excludes halogenated alkanes) is 6. The minimum Gasteiger partial charge on any atom is -0.448 e. The minimum atomic E-state index is -0.124. The number of piperidine rings is 1. The molecule has 2 atom stereocenters. The summed E-state index contributed by atoms with van der Waals surface area (Å²) in [6.07, 6.45) is 18.9. The number of hydrogen-bond acceptors (Lipinski definition) is 2. The Morgan fingerprint density at radius 1 is 0.917 bits per heavy atom. The van der Waals surface area contributed by atoms with Crippen molar-refractivity contribution in [3.05, 3.63) is 84.0 Å². The van der Waals surface area contributed by atoms with Crippen molar-refractivity contribution in [2.24, 2.45) is 0 Å². The average molecular weight is 484 g/mol. The largest absolute Gasteiger partial charge is 0.448 e. The molecule has 2 aromatic carbocycles. The molecule has 0 radical (unpaired) electrons. The molecular weight excluding hydrogens is 442 g/mol. The summed E-state index contributed by atoms with van der Waals surface area (Å²) in [5.74, 6) is 0.119. The van der Waals surface area contributed by atoms with Gasteiger partial charge in [0, 0.05) is 12.0 Å². The van der Waals surface area contributed by atoms with Gasteiger partial charge in [-0.05, 0) is 73.6 Å². The van der Waals surface area contributed by atoms with Crippen molar-refractivity contribution in [2.45, 2.75) is 95.1 Å². The number of hydrogen-bond donors (Lipinski definition) is 0. The summed E-state index contributed by atoms with van der Waals surface area (Å²) in [5, 5.41) is 0. The summed E-state index contributed by atoms with van der Waals surface area (Å²) in [5.41, 5.74) is 6.65. The Balaban J connectivity index is 1.15. The second-order valence-corrected chi connectivity index (χ2v) is 10.8. The Morgan fingerprint density at radius 2 is 1.58 bits per heavy atom. The predicted octanol–water partition coefficient (Wildman–Crippen LogP) is 8.80. The van der Waals surface area contributed by atoms with E-state index in [-0.39, 0.29) is 18.1 Å². The van der Waals surface area contributed by atoms with Crippen molar-refractivity contribution < 1.29 is 9.53 Å². The third-order valence-electron chi connectivity index (χ3n) is 8.42. The second-order valence-electron chi connectivity index (χ2n) is 10.8. The lowest BCUT2D eigenvalue weighted by molar-refractivity contribution is 0.0507. The number of nitrogens with zero attached hydrogens (tertiary/aromatic N) is 1. The maximum Gasteiger partial charge on any atom is 0.410 e. The Labute approximate surface area is 217 Å². The first-order chi connectivity index (χ1) is 17.8. The molecule has 3 heteroatoms. The molecule has 3 nitrogen and oxygen atoms in total. The predicted molar refractivity (Wildman–Crippen MR) is 148 cm³/mol. The van der Waals surface area contributed by atoms with Gasteiger partial charge in [0.15, 0.2) is 0 Å². The molecular formula is C33H41NO2. The van der Waals surface area contributed by atoms with Crippen molar-refractivity contribution in [3.63, 3.8) is 0 Å². The molecule has 5 rings (SSSR count). The number of carbonyl (C=O) groups excluding carboxylic acids is 1. The van der Waals surface area contributed by atoms with Gasteiger partial charge < -0.3 is 4.74 Å². The summed E-state index contributed by atoms with van der Waals surface area (Å²) in [6, 6.07) is 17.6. The Bertz CT molecular complexity index is 1040. The topological polar surface area (TPSA) is 29.5 Å². The van der Waals surface area contributed by atoms with Gasteiger partial charge in [0.2, 0.25) is 0 Å². The molecule has 36 heavy (non-hydrogen) atoms. The molecule has 190 valence electrons. The fraction of sp³-hybridized carbons (Fsp3) is 0.485. The quantitative estimate of drug-likeness (QED) is 0.236. The van der Waals surface area contributed by atoms with Gasteiger partial charge in [0.25, 0.3) is 0 Å². The van der Waals surface area contributed by atoms with E-state index in [1.807, 2.05) is 6.08 Å². The third kappa shape index (κ3) is 5.45. The van der Waals surface area contributed by atoms with Gasteiger partial charge in [-0.3, -0.25) is 4.90 Å². The van der Waals surface area contributed by atoms with Crippen molar-refractivity contribution in [3.8, 4) is 11.1 Å². The van der Waals surface area contributed by atoms with Gasteiger partial charge in [0.05, 0.1) is 6.04 Å². The molecule has 1 amide bonds. The molecule has 2 aliphatic heterocycles. The van der Waals surface area contributed by atoms with Gasteiger partial charge in [-0.2, -0.15) is 0 Å². The Morgan fingerprint density at radius 3 is 2.28 bits per heavy atom. The van der Waals surface area contributed by atoms with E-state index < -0.39 is 0 Å². The molecule has 2 heterocycles.